The number of methoxy groups -OCH3 is 1. The topological polar surface area (TPSA) is 88.1 Å². The van der Waals surface area contributed by atoms with Gasteiger partial charge in [0.05, 0.1) is 19.8 Å². The quantitative estimate of drug-likeness (QED) is 0.263. The molecule has 0 heterocycles. The van der Waals surface area contributed by atoms with Gasteiger partial charge in [0.1, 0.15) is 6.61 Å². The predicted octanol–water partition coefficient (Wildman–Crippen LogP) is 0.447. The van der Waals surface area contributed by atoms with Crippen LogP contribution in [0.3, 0.4) is 0 Å². The van der Waals surface area contributed by atoms with Gasteiger partial charge in [-0.1, -0.05) is 0 Å². The van der Waals surface area contributed by atoms with Crippen molar-refractivity contribution in [2.24, 2.45) is 0 Å². The van der Waals surface area contributed by atoms with E-state index in [4.69, 9.17) is 4.74 Å². The molecule has 11 heteroatoms. The Labute approximate surface area is 114 Å². The Kier molecular flexibility index (Phi) is 8.01. The predicted molar refractivity (Wildman–Crippen MR) is 59.2 cm³/mol. The smallest absolute Gasteiger partial charge is 0.461 e. The van der Waals surface area contributed by atoms with Gasteiger partial charge in [-0.05, 0) is 6.92 Å². The van der Waals surface area contributed by atoms with Crippen LogP contribution in [0.1, 0.15) is 6.92 Å². The summed E-state index contributed by atoms with van der Waals surface area (Å²) >= 11 is 0. The molecule has 20 heavy (non-hydrogen) atoms. The number of rotatable bonds is 9. The van der Waals surface area contributed by atoms with Crippen molar-refractivity contribution in [3.63, 3.8) is 0 Å². The highest BCUT2D eigenvalue weighted by molar-refractivity contribution is 7.87. The molecule has 0 N–H and O–H groups in total. The minimum atomic E-state index is -5.83. The Morgan fingerprint density at radius 1 is 1.15 bits per heavy atom. The largest absolute Gasteiger partial charge is 0.523 e. The van der Waals surface area contributed by atoms with E-state index in [-0.39, 0.29) is 19.8 Å². The number of hydrogen-bond acceptors (Lipinski definition) is 7. The molecule has 0 aromatic heterocycles. The molecule has 120 valence electrons. The van der Waals surface area contributed by atoms with Crippen LogP contribution in [-0.2, 0) is 33.3 Å². The molecule has 0 aliphatic rings. The van der Waals surface area contributed by atoms with Crippen LogP contribution in [0.15, 0.2) is 0 Å². The molecule has 0 saturated carbocycles. The number of esters is 1. The Balaban J connectivity index is 4.05. The second-order valence-corrected chi connectivity index (χ2v) is 4.97. The van der Waals surface area contributed by atoms with Crippen molar-refractivity contribution < 1.29 is 44.8 Å². The molecular formula is C9H15F3O7S. The first-order chi connectivity index (χ1) is 9.12. The third-order valence-corrected chi connectivity index (χ3v) is 2.90. The Hall–Kier alpha value is -0.910. The van der Waals surface area contributed by atoms with Crippen molar-refractivity contribution in [3.05, 3.63) is 0 Å². The summed E-state index contributed by atoms with van der Waals surface area (Å²) in [6, 6.07) is 0. The first kappa shape index (κ1) is 19.1. The van der Waals surface area contributed by atoms with Gasteiger partial charge in [0.15, 0.2) is 6.10 Å². The summed E-state index contributed by atoms with van der Waals surface area (Å²) in [4.78, 5) is 11.2. The average molecular weight is 324 g/mol. The van der Waals surface area contributed by atoms with Crippen LogP contribution in [0.2, 0.25) is 0 Å². The molecule has 0 spiro atoms. The number of alkyl halides is 3. The lowest BCUT2D eigenvalue weighted by Crippen LogP contribution is -2.33. The second-order valence-electron chi connectivity index (χ2n) is 3.41. The molecule has 7 nitrogen and oxygen atoms in total. The highest BCUT2D eigenvalue weighted by Gasteiger charge is 2.49. The minimum absolute atomic E-state index is 0.00611. The maximum absolute atomic E-state index is 12.0. The molecule has 0 aliphatic heterocycles. The standard InChI is InChI=1S/C9H15F3O7S/c1-7(19-20(14,15)9(10,11)12)8(13)18-6-5-17-4-3-16-2/h7H,3-6H2,1-2H3/t7-/m0/s1. The zero-order valence-electron chi connectivity index (χ0n) is 10.8. The lowest BCUT2D eigenvalue weighted by molar-refractivity contribution is -0.153. The number of carbonyl (C=O) groups is 1. The molecule has 0 bridgehead atoms. The molecule has 0 amide bonds. The molecule has 0 aromatic carbocycles. The van der Waals surface area contributed by atoms with Gasteiger partial charge in [-0.3, -0.25) is 0 Å². The number of halogens is 3. The van der Waals surface area contributed by atoms with Gasteiger partial charge in [-0.2, -0.15) is 21.6 Å². The van der Waals surface area contributed by atoms with E-state index >= 15 is 0 Å². The number of carbonyl (C=O) groups excluding carboxylic acids is 1. The molecule has 0 aliphatic carbocycles. The summed E-state index contributed by atoms with van der Waals surface area (Å²) < 4.78 is 74.9. The highest BCUT2D eigenvalue weighted by Crippen LogP contribution is 2.25. The fraction of sp³-hybridized carbons (Fsp3) is 0.889. The molecule has 0 rings (SSSR count). The average Bonchev–Trinajstić information content (AvgIpc) is 2.31. The fourth-order valence-corrected chi connectivity index (χ4v) is 1.41. The summed E-state index contributed by atoms with van der Waals surface area (Å²) in [6.07, 6.45) is -1.90. The molecular weight excluding hydrogens is 309 g/mol. The van der Waals surface area contributed by atoms with E-state index < -0.39 is 27.7 Å². The van der Waals surface area contributed by atoms with Gasteiger partial charge in [0.25, 0.3) is 0 Å². The maximum Gasteiger partial charge on any atom is 0.523 e. The lowest BCUT2D eigenvalue weighted by Gasteiger charge is -2.13. The zero-order valence-corrected chi connectivity index (χ0v) is 11.6. The van der Waals surface area contributed by atoms with Crippen molar-refractivity contribution in [1.82, 2.24) is 0 Å². The normalized spacial score (nSPS) is 14.1. The van der Waals surface area contributed by atoms with Gasteiger partial charge in [-0.25, -0.2) is 8.98 Å². The van der Waals surface area contributed by atoms with Crippen LogP contribution in [-0.4, -0.2) is 59.5 Å². The SMILES string of the molecule is COCCOCCOC(=O)[C@H](C)OS(=O)(=O)C(F)(F)F. The summed E-state index contributed by atoms with van der Waals surface area (Å²) in [6.45, 7) is 1.16. The molecule has 0 saturated heterocycles. The Morgan fingerprint density at radius 3 is 2.20 bits per heavy atom. The van der Waals surface area contributed by atoms with Crippen LogP contribution in [0.4, 0.5) is 13.2 Å². The minimum Gasteiger partial charge on any atom is -0.461 e. The lowest BCUT2D eigenvalue weighted by atomic mass is 10.4. The van der Waals surface area contributed by atoms with Gasteiger partial charge >= 0.3 is 21.6 Å². The molecule has 1 atom stereocenters. The number of hydrogen-bond donors (Lipinski definition) is 0. The Morgan fingerprint density at radius 2 is 1.70 bits per heavy atom. The van der Waals surface area contributed by atoms with Gasteiger partial charge < -0.3 is 14.2 Å². The van der Waals surface area contributed by atoms with E-state index in [0.29, 0.717) is 6.61 Å². The second kappa shape index (κ2) is 8.39. The first-order valence-electron chi connectivity index (χ1n) is 5.34. The third-order valence-electron chi connectivity index (χ3n) is 1.79. The molecule has 0 radical (unpaired) electrons. The van der Waals surface area contributed by atoms with Gasteiger partial charge in [0, 0.05) is 7.11 Å². The van der Waals surface area contributed by atoms with E-state index in [1.165, 1.54) is 7.11 Å². The van der Waals surface area contributed by atoms with Gasteiger partial charge in [-0.15, -0.1) is 0 Å². The summed E-state index contributed by atoms with van der Waals surface area (Å²) in [5.41, 5.74) is -5.59. The van der Waals surface area contributed by atoms with E-state index in [1.807, 2.05) is 0 Å². The molecule has 0 aromatic rings. The van der Waals surface area contributed by atoms with Crippen LogP contribution in [0.5, 0.6) is 0 Å². The van der Waals surface area contributed by atoms with E-state index in [1.54, 1.807) is 0 Å². The highest BCUT2D eigenvalue weighted by atomic mass is 32.2. The van der Waals surface area contributed by atoms with Crippen molar-refractivity contribution in [2.45, 2.75) is 18.5 Å². The van der Waals surface area contributed by atoms with Crippen molar-refractivity contribution in [2.75, 3.05) is 33.5 Å². The monoisotopic (exact) mass is 324 g/mol. The van der Waals surface area contributed by atoms with E-state index in [0.717, 1.165) is 6.92 Å². The summed E-state index contributed by atoms with van der Waals surface area (Å²) in [5.74, 6) is -1.24. The fourth-order valence-electron chi connectivity index (χ4n) is 0.847. The van der Waals surface area contributed by atoms with Gasteiger partial charge in [0.2, 0.25) is 0 Å². The summed E-state index contributed by atoms with van der Waals surface area (Å²) in [7, 11) is -4.37. The molecule has 0 fully saturated rings. The first-order valence-corrected chi connectivity index (χ1v) is 6.75. The van der Waals surface area contributed by atoms with Crippen LogP contribution < -0.4 is 0 Å². The Bertz CT molecular complexity index is 393. The van der Waals surface area contributed by atoms with Crippen molar-refractivity contribution >= 4 is 16.1 Å². The van der Waals surface area contributed by atoms with Crippen LogP contribution in [0, 0.1) is 0 Å². The van der Waals surface area contributed by atoms with Crippen LogP contribution in [0.25, 0.3) is 0 Å². The van der Waals surface area contributed by atoms with Crippen molar-refractivity contribution in [1.29, 1.82) is 0 Å². The maximum atomic E-state index is 12.0. The zero-order chi connectivity index (χ0) is 15.8. The number of ether oxygens (including phenoxy) is 3. The van der Waals surface area contributed by atoms with Crippen molar-refractivity contribution in [3.8, 4) is 0 Å². The third kappa shape index (κ3) is 7.03. The molecule has 0 unspecified atom stereocenters. The van der Waals surface area contributed by atoms with E-state index in [9.17, 15) is 26.4 Å². The van der Waals surface area contributed by atoms with Crippen LogP contribution >= 0.6 is 0 Å². The summed E-state index contributed by atoms with van der Waals surface area (Å²) in [5, 5.41) is 0. The van der Waals surface area contributed by atoms with E-state index in [2.05, 4.69) is 13.7 Å².